The standard InChI is InChI=1S/C25H16BrClN2O10S2/c1-36-21-7-13(6-17(26)23(21)39-41(34,35)16-4-2-15(3-5-16)29(32)33)8-22-24(30)28(25(31)40-22)11-14-9-19-20(10-18(14)27)38-12-37-19/h2-10H,11-12H2,1H3/b22-8-. The molecule has 3 aromatic carbocycles. The number of fused-ring (bicyclic) bond motifs is 1. The van der Waals surface area contributed by atoms with Crippen molar-refractivity contribution in [2.75, 3.05) is 13.9 Å². The number of carbonyl (C=O) groups excluding carboxylic acids is 2. The molecule has 0 unspecified atom stereocenters. The van der Waals surface area contributed by atoms with Gasteiger partial charge in [-0.15, -0.1) is 0 Å². The van der Waals surface area contributed by atoms with Crippen molar-refractivity contribution in [2.45, 2.75) is 11.4 Å². The van der Waals surface area contributed by atoms with Crippen molar-refractivity contribution in [2.24, 2.45) is 0 Å². The maximum Gasteiger partial charge on any atom is 0.339 e. The molecule has 0 spiro atoms. The predicted molar refractivity (Wildman–Crippen MR) is 151 cm³/mol. The summed E-state index contributed by atoms with van der Waals surface area (Å²) in [5, 5.41) is 10.7. The fourth-order valence-electron chi connectivity index (χ4n) is 3.83. The number of hydrogen-bond donors (Lipinski definition) is 0. The van der Waals surface area contributed by atoms with Crippen LogP contribution in [0.5, 0.6) is 23.0 Å². The maximum absolute atomic E-state index is 13.1. The van der Waals surface area contributed by atoms with Crippen LogP contribution in [0.15, 0.2) is 62.8 Å². The molecule has 0 aliphatic carbocycles. The molecule has 1 fully saturated rings. The Morgan fingerprint density at radius 1 is 1.15 bits per heavy atom. The Balaban J connectivity index is 1.38. The number of nitro benzene ring substituents is 1. The molecule has 212 valence electrons. The minimum Gasteiger partial charge on any atom is -0.493 e. The van der Waals surface area contributed by atoms with Crippen molar-refractivity contribution >= 4 is 72.3 Å². The van der Waals surface area contributed by atoms with E-state index in [0.29, 0.717) is 27.6 Å². The van der Waals surface area contributed by atoms with Crippen LogP contribution in [0.25, 0.3) is 6.08 Å². The number of benzene rings is 3. The highest BCUT2D eigenvalue weighted by atomic mass is 79.9. The largest absolute Gasteiger partial charge is 0.493 e. The van der Waals surface area contributed by atoms with Gasteiger partial charge in [-0.3, -0.25) is 24.6 Å². The van der Waals surface area contributed by atoms with E-state index in [1.165, 1.54) is 25.3 Å². The topological polar surface area (TPSA) is 152 Å². The van der Waals surface area contributed by atoms with Crippen molar-refractivity contribution in [1.82, 2.24) is 4.90 Å². The first kappa shape index (κ1) is 28.7. The zero-order valence-corrected chi connectivity index (χ0v) is 24.6. The quantitative estimate of drug-likeness (QED) is 0.123. The van der Waals surface area contributed by atoms with Crippen LogP contribution in [-0.4, -0.2) is 43.3 Å². The molecule has 0 aromatic heterocycles. The van der Waals surface area contributed by atoms with Gasteiger partial charge in [0.25, 0.3) is 16.8 Å². The Morgan fingerprint density at radius 2 is 1.83 bits per heavy atom. The second-order valence-corrected chi connectivity index (χ2v) is 12.2. The smallest absolute Gasteiger partial charge is 0.339 e. The number of carbonyl (C=O) groups is 2. The maximum atomic E-state index is 13.1. The molecule has 2 amide bonds. The average molecular weight is 684 g/mol. The summed E-state index contributed by atoms with van der Waals surface area (Å²) in [6.45, 7) is -0.0387. The zero-order chi connectivity index (χ0) is 29.5. The van der Waals surface area contributed by atoms with Gasteiger partial charge in [-0.25, -0.2) is 0 Å². The highest BCUT2D eigenvalue weighted by molar-refractivity contribution is 9.10. The molecule has 0 N–H and O–H groups in total. The molecule has 0 radical (unpaired) electrons. The van der Waals surface area contributed by atoms with Crippen LogP contribution in [-0.2, 0) is 21.5 Å². The van der Waals surface area contributed by atoms with Crippen molar-refractivity contribution in [3.8, 4) is 23.0 Å². The second kappa shape index (κ2) is 11.2. The van der Waals surface area contributed by atoms with E-state index in [9.17, 15) is 28.1 Å². The number of nitro groups is 1. The highest BCUT2D eigenvalue weighted by Gasteiger charge is 2.36. The van der Waals surface area contributed by atoms with Gasteiger partial charge in [0, 0.05) is 23.2 Å². The van der Waals surface area contributed by atoms with E-state index >= 15 is 0 Å². The summed E-state index contributed by atoms with van der Waals surface area (Å²) in [4.78, 5) is 36.9. The van der Waals surface area contributed by atoms with E-state index in [4.69, 9.17) is 30.0 Å². The number of hydrogen-bond acceptors (Lipinski definition) is 11. The highest BCUT2D eigenvalue weighted by Crippen LogP contribution is 2.42. The number of nitrogens with zero attached hydrogens (tertiary/aromatic N) is 2. The lowest BCUT2D eigenvalue weighted by atomic mass is 10.1. The SMILES string of the molecule is COc1cc(/C=C2\SC(=O)N(Cc3cc4c(cc3Cl)OCO4)C2=O)cc(Br)c1OS(=O)(=O)c1ccc([N+](=O)[O-])cc1. The molecule has 41 heavy (non-hydrogen) atoms. The number of imide groups is 1. The summed E-state index contributed by atoms with van der Waals surface area (Å²) in [5.41, 5.74) is 0.621. The molecule has 12 nitrogen and oxygen atoms in total. The third-order valence-electron chi connectivity index (χ3n) is 5.82. The summed E-state index contributed by atoms with van der Waals surface area (Å²) in [7, 11) is -3.10. The van der Waals surface area contributed by atoms with E-state index in [0.717, 1.165) is 40.9 Å². The van der Waals surface area contributed by atoms with Gasteiger partial charge in [0.05, 0.1) is 28.0 Å². The summed E-state index contributed by atoms with van der Waals surface area (Å²) >= 11 is 10.3. The van der Waals surface area contributed by atoms with E-state index in [1.807, 2.05) is 0 Å². The normalized spacial score (nSPS) is 15.5. The zero-order valence-electron chi connectivity index (χ0n) is 20.7. The third kappa shape index (κ3) is 5.84. The lowest BCUT2D eigenvalue weighted by Crippen LogP contribution is -2.27. The van der Waals surface area contributed by atoms with Crippen LogP contribution in [0, 0.1) is 10.1 Å². The molecular weight excluding hydrogens is 668 g/mol. The fourth-order valence-corrected chi connectivity index (χ4v) is 6.49. The van der Waals surface area contributed by atoms with E-state index < -0.39 is 26.2 Å². The number of thioether (sulfide) groups is 1. The lowest BCUT2D eigenvalue weighted by molar-refractivity contribution is -0.384. The molecule has 3 aromatic rings. The van der Waals surface area contributed by atoms with Crippen LogP contribution >= 0.6 is 39.3 Å². The first-order chi connectivity index (χ1) is 19.5. The van der Waals surface area contributed by atoms with Gasteiger partial charge >= 0.3 is 10.1 Å². The minimum atomic E-state index is -4.39. The fraction of sp³-hybridized carbons (Fsp3) is 0.120. The second-order valence-electron chi connectivity index (χ2n) is 8.39. The number of halogens is 2. The number of amides is 2. The lowest BCUT2D eigenvalue weighted by Gasteiger charge is -2.14. The van der Waals surface area contributed by atoms with Crippen molar-refractivity contribution in [3.05, 3.63) is 84.2 Å². The predicted octanol–water partition coefficient (Wildman–Crippen LogP) is 5.75. The minimum absolute atomic E-state index is 0.00230. The van der Waals surface area contributed by atoms with Crippen LogP contribution in [0.3, 0.4) is 0 Å². The Kier molecular flexibility index (Phi) is 7.87. The molecule has 16 heteroatoms. The first-order valence-corrected chi connectivity index (χ1v) is 14.8. The van der Waals surface area contributed by atoms with Gasteiger partial charge in [-0.05, 0) is 75.2 Å². The molecule has 2 aliphatic rings. The Morgan fingerprint density at radius 3 is 2.49 bits per heavy atom. The van der Waals surface area contributed by atoms with Gasteiger partial charge < -0.3 is 18.4 Å². The summed E-state index contributed by atoms with van der Waals surface area (Å²) in [6, 6.07) is 10.3. The molecule has 1 saturated heterocycles. The Bertz CT molecular complexity index is 1750. The van der Waals surface area contributed by atoms with Crippen LogP contribution in [0.1, 0.15) is 11.1 Å². The van der Waals surface area contributed by atoms with E-state index in [2.05, 4.69) is 15.9 Å². The molecular formula is C25H16BrClN2O10S2. The average Bonchev–Trinajstić information content (AvgIpc) is 3.49. The Labute approximate surface area is 250 Å². The molecule has 5 rings (SSSR count). The molecule has 2 aliphatic heterocycles. The van der Waals surface area contributed by atoms with Gasteiger partial charge in [-0.1, -0.05) is 11.6 Å². The molecule has 0 atom stereocenters. The number of non-ortho nitro benzene ring substituents is 1. The summed E-state index contributed by atoms with van der Waals surface area (Å²) in [5.74, 6) is 0.197. The Hall–Kier alpha value is -3.79. The monoisotopic (exact) mass is 682 g/mol. The molecule has 0 saturated carbocycles. The van der Waals surface area contributed by atoms with Gasteiger partial charge in [0.2, 0.25) is 6.79 Å². The van der Waals surface area contributed by atoms with Crippen molar-refractivity contribution in [3.63, 3.8) is 0 Å². The van der Waals surface area contributed by atoms with Crippen molar-refractivity contribution < 1.29 is 41.3 Å². The van der Waals surface area contributed by atoms with Crippen molar-refractivity contribution in [1.29, 1.82) is 0 Å². The van der Waals surface area contributed by atoms with Gasteiger partial charge in [-0.2, -0.15) is 8.42 Å². The third-order valence-corrected chi connectivity index (χ3v) is 8.91. The summed E-state index contributed by atoms with van der Waals surface area (Å²) in [6.07, 6.45) is 1.45. The van der Waals surface area contributed by atoms with E-state index in [-0.39, 0.29) is 44.8 Å². The molecule has 2 heterocycles. The summed E-state index contributed by atoms with van der Waals surface area (Å²) < 4.78 is 47.0. The first-order valence-electron chi connectivity index (χ1n) is 11.4. The van der Waals surface area contributed by atoms with Crippen LogP contribution in [0.2, 0.25) is 5.02 Å². The van der Waals surface area contributed by atoms with Gasteiger partial charge in [0.1, 0.15) is 4.90 Å². The van der Waals surface area contributed by atoms with Crippen LogP contribution in [0.4, 0.5) is 10.5 Å². The van der Waals surface area contributed by atoms with Gasteiger partial charge in [0.15, 0.2) is 23.0 Å². The van der Waals surface area contributed by atoms with Crippen LogP contribution < -0.4 is 18.4 Å². The van der Waals surface area contributed by atoms with E-state index in [1.54, 1.807) is 12.1 Å². The number of methoxy groups -OCH3 is 1. The number of ether oxygens (including phenoxy) is 3. The molecule has 0 bridgehead atoms. The number of rotatable bonds is 8.